The number of hydroxylamine groups is 1. The van der Waals surface area contributed by atoms with E-state index >= 15 is 0 Å². The highest BCUT2D eigenvalue weighted by molar-refractivity contribution is 7.09. The van der Waals surface area contributed by atoms with Gasteiger partial charge in [-0.05, 0) is 25.3 Å². The SMILES string of the molecule is CCONC(=O)CCN(CC(C)C)c1nc(Cc2ccc(C)cc2)ns1. The fourth-order valence-electron chi connectivity index (χ4n) is 2.48. The number of aromatic nitrogens is 2. The molecule has 2 rings (SSSR count). The molecule has 1 amide bonds. The summed E-state index contributed by atoms with van der Waals surface area (Å²) in [6, 6.07) is 8.43. The van der Waals surface area contributed by atoms with Crippen molar-refractivity contribution < 1.29 is 9.63 Å². The van der Waals surface area contributed by atoms with Crippen molar-refractivity contribution in [2.45, 2.75) is 40.5 Å². The van der Waals surface area contributed by atoms with E-state index in [0.29, 0.717) is 25.5 Å². The van der Waals surface area contributed by atoms with Crippen molar-refractivity contribution in [2.24, 2.45) is 5.92 Å². The van der Waals surface area contributed by atoms with E-state index < -0.39 is 0 Å². The van der Waals surface area contributed by atoms with Gasteiger partial charge in [0, 0.05) is 37.5 Å². The van der Waals surface area contributed by atoms with Gasteiger partial charge in [0.15, 0.2) is 0 Å². The lowest BCUT2D eigenvalue weighted by Crippen LogP contribution is -2.33. The van der Waals surface area contributed by atoms with Gasteiger partial charge in [-0.3, -0.25) is 9.63 Å². The lowest BCUT2D eigenvalue weighted by molar-refractivity contribution is -0.132. The monoisotopic (exact) mass is 376 g/mol. The molecule has 2 aromatic rings. The van der Waals surface area contributed by atoms with Crippen molar-refractivity contribution in [2.75, 3.05) is 24.6 Å². The topological polar surface area (TPSA) is 67.3 Å². The molecule has 1 N–H and O–H groups in total. The van der Waals surface area contributed by atoms with Crippen LogP contribution < -0.4 is 10.4 Å². The van der Waals surface area contributed by atoms with Crippen LogP contribution in [0.3, 0.4) is 0 Å². The molecule has 0 aliphatic heterocycles. The second kappa shape index (κ2) is 10.2. The molecule has 7 heteroatoms. The van der Waals surface area contributed by atoms with Gasteiger partial charge in [-0.15, -0.1) is 0 Å². The van der Waals surface area contributed by atoms with Crippen LogP contribution in [0.15, 0.2) is 24.3 Å². The van der Waals surface area contributed by atoms with E-state index in [1.807, 2.05) is 6.92 Å². The molecule has 0 atom stereocenters. The van der Waals surface area contributed by atoms with E-state index in [0.717, 1.165) is 23.9 Å². The summed E-state index contributed by atoms with van der Waals surface area (Å²) in [7, 11) is 0. The third-order valence-corrected chi connectivity index (χ3v) is 4.55. The maximum absolute atomic E-state index is 11.8. The van der Waals surface area contributed by atoms with Crippen LogP contribution in [0.25, 0.3) is 0 Å². The fraction of sp³-hybridized carbons (Fsp3) is 0.526. The summed E-state index contributed by atoms with van der Waals surface area (Å²) in [6.45, 7) is 10.1. The Morgan fingerprint density at radius 3 is 2.69 bits per heavy atom. The minimum atomic E-state index is -0.120. The number of carbonyl (C=O) groups excluding carboxylic acids is 1. The minimum absolute atomic E-state index is 0.120. The largest absolute Gasteiger partial charge is 0.346 e. The Morgan fingerprint density at radius 2 is 2.04 bits per heavy atom. The van der Waals surface area contributed by atoms with Crippen LogP contribution in [0, 0.1) is 12.8 Å². The molecule has 0 saturated carbocycles. The number of benzene rings is 1. The average Bonchev–Trinajstić information content (AvgIpc) is 3.07. The Morgan fingerprint density at radius 1 is 1.31 bits per heavy atom. The first-order chi connectivity index (χ1) is 12.5. The first kappa shape index (κ1) is 20.3. The molecule has 0 aliphatic rings. The van der Waals surface area contributed by atoms with Crippen molar-refractivity contribution in [1.29, 1.82) is 0 Å². The highest BCUT2D eigenvalue weighted by Gasteiger charge is 2.16. The zero-order valence-corrected chi connectivity index (χ0v) is 16.8. The summed E-state index contributed by atoms with van der Waals surface area (Å²) in [5.74, 6) is 1.17. The van der Waals surface area contributed by atoms with E-state index in [1.54, 1.807) is 0 Å². The molecule has 26 heavy (non-hydrogen) atoms. The first-order valence-electron chi connectivity index (χ1n) is 9.01. The zero-order chi connectivity index (χ0) is 18.9. The molecule has 1 aromatic carbocycles. The summed E-state index contributed by atoms with van der Waals surface area (Å²) >= 11 is 1.39. The minimum Gasteiger partial charge on any atom is -0.346 e. The highest BCUT2D eigenvalue weighted by atomic mass is 32.1. The van der Waals surface area contributed by atoms with Crippen LogP contribution in [0.2, 0.25) is 0 Å². The van der Waals surface area contributed by atoms with Gasteiger partial charge in [0.2, 0.25) is 11.0 Å². The third kappa shape index (κ3) is 6.72. The molecular formula is C19H28N4O2S. The van der Waals surface area contributed by atoms with Crippen LogP contribution in [-0.2, 0) is 16.1 Å². The van der Waals surface area contributed by atoms with Crippen LogP contribution in [0.4, 0.5) is 5.13 Å². The number of hydrogen-bond donors (Lipinski definition) is 1. The molecule has 0 bridgehead atoms. The number of anilines is 1. The normalized spacial score (nSPS) is 11.0. The zero-order valence-electron chi connectivity index (χ0n) is 16.0. The lowest BCUT2D eigenvalue weighted by atomic mass is 10.1. The van der Waals surface area contributed by atoms with Gasteiger partial charge in [0.05, 0.1) is 6.61 Å². The maximum Gasteiger partial charge on any atom is 0.245 e. The summed E-state index contributed by atoms with van der Waals surface area (Å²) in [5.41, 5.74) is 4.88. The predicted molar refractivity (Wildman–Crippen MR) is 105 cm³/mol. The Balaban J connectivity index is 1.99. The molecule has 0 saturated heterocycles. The predicted octanol–water partition coefficient (Wildman–Crippen LogP) is 3.36. The molecule has 0 aliphatic carbocycles. The average molecular weight is 377 g/mol. The summed E-state index contributed by atoms with van der Waals surface area (Å²) < 4.78 is 4.50. The molecule has 0 radical (unpaired) electrons. The van der Waals surface area contributed by atoms with Gasteiger partial charge in [0.1, 0.15) is 5.82 Å². The van der Waals surface area contributed by atoms with E-state index in [1.165, 1.54) is 22.7 Å². The van der Waals surface area contributed by atoms with Crippen molar-refractivity contribution in [3.05, 3.63) is 41.2 Å². The number of nitrogens with zero attached hydrogens (tertiary/aromatic N) is 3. The first-order valence-corrected chi connectivity index (χ1v) is 9.79. The quantitative estimate of drug-likeness (QED) is 0.644. The van der Waals surface area contributed by atoms with Gasteiger partial charge >= 0.3 is 0 Å². The summed E-state index contributed by atoms with van der Waals surface area (Å²) in [6.07, 6.45) is 1.08. The maximum atomic E-state index is 11.8. The van der Waals surface area contributed by atoms with Crippen molar-refractivity contribution in [3.8, 4) is 0 Å². The number of hydrogen-bond acceptors (Lipinski definition) is 6. The van der Waals surface area contributed by atoms with Gasteiger partial charge in [-0.1, -0.05) is 43.7 Å². The van der Waals surface area contributed by atoms with E-state index in [-0.39, 0.29) is 5.91 Å². The number of aryl methyl sites for hydroxylation is 1. The van der Waals surface area contributed by atoms with Crippen molar-refractivity contribution in [3.63, 3.8) is 0 Å². The van der Waals surface area contributed by atoms with E-state index in [2.05, 4.69) is 59.8 Å². The smallest absolute Gasteiger partial charge is 0.245 e. The van der Waals surface area contributed by atoms with Crippen LogP contribution in [0.1, 0.15) is 44.1 Å². The molecule has 1 aromatic heterocycles. The van der Waals surface area contributed by atoms with Crippen molar-refractivity contribution >= 4 is 22.6 Å². The van der Waals surface area contributed by atoms with Gasteiger partial charge < -0.3 is 4.90 Å². The van der Waals surface area contributed by atoms with Crippen LogP contribution in [0.5, 0.6) is 0 Å². The fourth-order valence-corrected chi connectivity index (χ4v) is 3.20. The molecule has 0 fully saturated rings. The molecule has 0 unspecified atom stereocenters. The molecule has 6 nitrogen and oxygen atoms in total. The molecule has 1 heterocycles. The number of amides is 1. The molecule has 0 spiro atoms. The standard InChI is InChI=1S/C19H28N4O2S/c1-5-25-21-18(24)10-11-23(13-14(2)3)19-20-17(22-26-19)12-16-8-6-15(4)7-9-16/h6-9,14H,5,10-13H2,1-4H3,(H,21,24). The lowest BCUT2D eigenvalue weighted by Gasteiger charge is -2.23. The number of rotatable bonds is 10. The molecular weight excluding hydrogens is 348 g/mol. The second-order valence-electron chi connectivity index (χ2n) is 6.70. The molecule has 142 valence electrons. The Hall–Kier alpha value is -1.99. The summed E-state index contributed by atoms with van der Waals surface area (Å²) in [4.78, 5) is 23.6. The second-order valence-corrected chi connectivity index (χ2v) is 7.43. The number of nitrogens with one attached hydrogen (secondary N) is 1. The Kier molecular flexibility index (Phi) is 8.00. The van der Waals surface area contributed by atoms with Crippen LogP contribution in [-0.4, -0.2) is 35.0 Å². The van der Waals surface area contributed by atoms with Gasteiger partial charge in [-0.2, -0.15) is 4.37 Å². The third-order valence-electron chi connectivity index (χ3n) is 3.74. The van der Waals surface area contributed by atoms with Gasteiger partial charge in [0.25, 0.3) is 0 Å². The Bertz CT molecular complexity index is 685. The van der Waals surface area contributed by atoms with Gasteiger partial charge in [-0.25, -0.2) is 10.5 Å². The van der Waals surface area contributed by atoms with Crippen LogP contribution >= 0.6 is 11.5 Å². The van der Waals surface area contributed by atoms with E-state index in [9.17, 15) is 4.79 Å². The number of carbonyl (C=O) groups is 1. The summed E-state index contributed by atoms with van der Waals surface area (Å²) in [5, 5.41) is 0.866. The Labute approximate surface area is 159 Å². The van der Waals surface area contributed by atoms with E-state index in [4.69, 9.17) is 9.82 Å². The highest BCUT2D eigenvalue weighted by Crippen LogP contribution is 2.20. The van der Waals surface area contributed by atoms with Crippen molar-refractivity contribution in [1.82, 2.24) is 14.8 Å².